The van der Waals surface area contributed by atoms with Gasteiger partial charge in [0.15, 0.2) is 0 Å². The molecule has 0 fully saturated rings. The summed E-state index contributed by atoms with van der Waals surface area (Å²) in [7, 11) is 0. The Morgan fingerprint density at radius 3 is 2.33 bits per heavy atom. The molecule has 3 rings (SSSR count). The van der Waals surface area contributed by atoms with Crippen LogP contribution < -0.4 is 0 Å². The van der Waals surface area contributed by atoms with Crippen LogP contribution in [0.1, 0.15) is 16.8 Å². The maximum Gasteiger partial charge on any atom is 0.137 e. The van der Waals surface area contributed by atoms with Crippen LogP contribution in [-0.4, -0.2) is 9.38 Å². The van der Waals surface area contributed by atoms with Crippen molar-refractivity contribution in [1.29, 1.82) is 0 Å². The molecular formula is C16H16N2. The van der Waals surface area contributed by atoms with E-state index in [4.69, 9.17) is 0 Å². The van der Waals surface area contributed by atoms with Gasteiger partial charge in [0.1, 0.15) is 5.65 Å². The first-order valence-electron chi connectivity index (χ1n) is 6.17. The molecular weight excluding hydrogens is 220 g/mol. The summed E-state index contributed by atoms with van der Waals surface area (Å²) >= 11 is 0. The first kappa shape index (κ1) is 11.0. The molecule has 0 atom stereocenters. The molecule has 0 radical (unpaired) electrons. The van der Waals surface area contributed by atoms with Crippen LogP contribution >= 0.6 is 0 Å². The molecule has 18 heavy (non-hydrogen) atoms. The summed E-state index contributed by atoms with van der Waals surface area (Å²) in [6.45, 7) is 6.33. The van der Waals surface area contributed by atoms with Gasteiger partial charge in [-0.3, -0.25) is 4.40 Å². The Bertz CT molecular complexity index is 706. The number of aromatic nitrogens is 2. The number of hydrogen-bond acceptors (Lipinski definition) is 1. The van der Waals surface area contributed by atoms with Gasteiger partial charge in [0.05, 0.1) is 11.9 Å². The van der Waals surface area contributed by atoms with Crippen molar-refractivity contribution in [2.24, 2.45) is 0 Å². The molecule has 2 heterocycles. The highest BCUT2D eigenvalue weighted by molar-refractivity contribution is 5.65. The summed E-state index contributed by atoms with van der Waals surface area (Å²) in [5.74, 6) is 0. The van der Waals surface area contributed by atoms with Crippen LogP contribution in [-0.2, 0) is 0 Å². The third-order valence-electron chi connectivity index (χ3n) is 3.28. The lowest BCUT2D eigenvalue weighted by molar-refractivity contribution is 1.09. The van der Waals surface area contributed by atoms with E-state index in [2.05, 4.69) is 66.6 Å². The highest BCUT2D eigenvalue weighted by Crippen LogP contribution is 2.23. The number of pyridine rings is 1. The number of fused-ring (bicyclic) bond motifs is 1. The van der Waals surface area contributed by atoms with Crippen LogP contribution in [0.2, 0.25) is 0 Å². The zero-order valence-electron chi connectivity index (χ0n) is 10.9. The minimum Gasteiger partial charge on any atom is -0.297 e. The lowest BCUT2D eigenvalue weighted by atomic mass is 10.1. The molecule has 0 unspecified atom stereocenters. The lowest BCUT2D eigenvalue weighted by Gasteiger charge is -2.07. The van der Waals surface area contributed by atoms with Crippen LogP contribution in [0.4, 0.5) is 0 Å². The molecule has 0 amide bonds. The zero-order chi connectivity index (χ0) is 12.7. The first-order chi connectivity index (χ1) is 8.65. The van der Waals surface area contributed by atoms with Crippen molar-refractivity contribution >= 4 is 5.65 Å². The Morgan fingerprint density at radius 1 is 0.889 bits per heavy atom. The van der Waals surface area contributed by atoms with Gasteiger partial charge in [0.25, 0.3) is 0 Å². The van der Waals surface area contributed by atoms with Crippen molar-refractivity contribution in [3.63, 3.8) is 0 Å². The van der Waals surface area contributed by atoms with E-state index in [1.165, 1.54) is 22.4 Å². The lowest BCUT2D eigenvalue weighted by Crippen LogP contribution is -1.94. The summed E-state index contributed by atoms with van der Waals surface area (Å²) in [6.07, 6.45) is 1.95. The summed E-state index contributed by atoms with van der Waals surface area (Å²) in [6, 6.07) is 12.9. The fourth-order valence-corrected chi connectivity index (χ4v) is 2.41. The van der Waals surface area contributed by atoms with Gasteiger partial charge in [-0.05, 0) is 38.5 Å². The van der Waals surface area contributed by atoms with Crippen LogP contribution in [0.5, 0.6) is 0 Å². The minimum atomic E-state index is 1.02. The molecule has 0 spiro atoms. The molecule has 0 saturated heterocycles. The van der Waals surface area contributed by atoms with Gasteiger partial charge >= 0.3 is 0 Å². The highest BCUT2D eigenvalue weighted by atomic mass is 15.0. The average molecular weight is 236 g/mol. The van der Waals surface area contributed by atoms with E-state index >= 15 is 0 Å². The Morgan fingerprint density at radius 2 is 1.61 bits per heavy atom. The van der Waals surface area contributed by atoms with Crippen molar-refractivity contribution in [2.75, 3.05) is 0 Å². The van der Waals surface area contributed by atoms with Crippen molar-refractivity contribution in [3.05, 3.63) is 59.4 Å². The molecule has 0 saturated carbocycles. The molecule has 90 valence electrons. The molecule has 0 bridgehead atoms. The quantitative estimate of drug-likeness (QED) is 0.626. The summed E-state index contributed by atoms with van der Waals surface area (Å²) < 4.78 is 2.21. The maximum atomic E-state index is 4.50. The summed E-state index contributed by atoms with van der Waals surface area (Å²) in [5, 5.41) is 0. The van der Waals surface area contributed by atoms with Crippen LogP contribution in [0.3, 0.4) is 0 Å². The standard InChI is InChI=1S/C16H16N2/c1-11-4-6-14(7-5-11)15-10-17-16-9-12(2)8-13(3)18(15)16/h4-10H,1-3H3. The number of aryl methyl sites for hydroxylation is 3. The SMILES string of the molecule is Cc1ccc(-c2cnc3cc(C)cc(C)n23)cc1. The molecule has 2 heteroatoms. The normalized spacial score (nSPS) is 11.1. The molecule has 0 aliphatic heterocycles. The van der Waals surface area contributed by atoms with Gasteiger partial charge in [-0.25, -0.2) is 4.98 Å². The van der Waals surface area contributed by atoms with E-state index in [0.29, 0.717) is 0 Å². The monoisotopic (exact) mass is 236 g/mol. The number of imidazole rings is 1. The fraction of sp³-hybridized carbons (Fsp3) is 0.188. The van der Waals surface area contributed by atoms with E-state index < -0.39 is 0 Å². The Labute approximate surface area is 107 Å². The largest absolute Gasteiger partial charge is 0.297 e. The fourth-order valence-electron chi connectivity index (χ4n) is 2.41. The second-order valence-corrected chi connectivity index (χ2v) is 4.88. The second-order valence-electron chi connectivity index (χ2n) is 4.88. The van der Waals surface area contributed by atoms with Gasteiger partial charge in [-0.2, -0.15) is 0 Å². The predicted octanol–water partition coefficient (Wildman–Crippen LogP) is 3.93. The van der Waals surface area contributed by atoms with Crippen molar-refractivity contribution < 1.29 is 0 Å². The smallest absolute Gasteiger partial charge is 0.137 e. The van der Waals surface area contributed by atoms with Crippen LogP contribution in [0.25, 0.3) is 16.9 Å². The van der Waals surface area contributed by atoms with Crippen LogP contribution in [0.15, 0.2) is 42.6 Å². The van der Waals surface area contributed by atoms with E-state index in [0.717, 1.165) is 11.3 Å². The van der Waals surface area contributed by atoms with Crippen molar-refractivity contribution in [1.82, 2.24) is 9.38 Å². The van der Waals surface area contributed by atoms with Gasteiger partial charge in [0.2, 0.25) is 0 Å². The summed E-state index contributed by atoms with van der Waals surface area (Å²) in [5.41, 5.74) is 7.13. The maximum absolute atomic E-state index is 4.50. The second kappa shape index (κ2) is 3.98. The van der Waals surface area contributed by atoms with Crippen LogP contribution in [0, 0.1) is 20.8 Å². The molecule has 3 aromatic rings. The molecule has 0 aliphatic rings. The van der Waals surface area contributed by atoms with Gasteiger partial charge in [-0.1, -0.05) is 29.8 Å². The van der Waals surface area contributed by atoms with Gasteiger partial charge < -0.3 is 0 Å². The van der Waals surface area contributed by atoms with Crippen molar-refractivity contribution in [2.45, 2.75) is 20.8 Å². The van der Waals surface area contributed by atoms with E-state index in [1.807, 2.05) is 6.20 Å². The molecule has 2 nitrogen and oxygen atoms in total. The van der Waals surface area contributed by atoms with E-state index in [-0.39, 0.29) is 0 Å². The summed E-state index contributed by atoms with van der Waals surface area (Å²) in [4.78, 5) is 4.50. The Hall–Kier alpha value is -2.09. The molecule has 0 N–H and O–H groups in total. The van der Waals surface area contributed by atoms with Gasteiger partial charge in [0, 0.05) is 11.3 Å². The Balaban J connectivity index is 2.27. The third kappa shape index (κ3) is 1.70. The number of rotatable bonds is 1. The number of hydrogen-bond donors (Lipinski definition) is 0. The number of nitrogens with zero attached hydrogens (tertiary/aromatic N) is 2. The number of benzene rings is 1. The zero-order valence-corrected chi connectivity index (χ0v) is 10.9. The minimum absolute atomic E-state index is 1.02. The predicted molar refractivity (Wildman–Crippen MR) is 74.8 cm³/mol. The topological polar surface area (TPSA) is 17.3 Å². The first-order valence-corrected chi connectivity index (χ1v) is 6.17. The molecule has 0 aliphatic carbocycles. The van der Waals surface area contributed by atoms with Crippen molar-refractivity contribution in [3.8, 4) is 11.3 Å². The molecule has 2 aromatic heterocycles. The van der Waals surface area contributed by atoms with E-state index in [1.54, 1.807) is 0 Å². The third-order valence-corrected chi connectivity index (χ3v) is 3.28. The Kier molecular flexibility index (Phi) is 2.44. The van der Waals surface area contributed by atoms with Gasteiger partial charge in [-0.15, -0.1) is 0 Å². The highest BCUT2D eigenvalue weighted by Gasteiger charge is 2.08. The van der Waals surface area contributed by atoms with E-state index in [9.17, 15) is 0 Å². The average Bonchev–Trinajstić information content (AvgIpc) is 2.74. The molecule has 1 aromatic carbocycles.